The summed E-state index contributed by atoms with van der Waals surface area (Å²) in [6.45, 7) is 5.80. The van der Waals surface area contributed by atoms with E-state index in [0.717, 1.165) is 25.9 Å². The maximum Gasteiger partial charge on any atom is 0.237 e. The highest BCUT2D eigenvalue weighted by molar-refractivity contribution is 8.00. The second kappa shape index (κ2) is 9.74. The summed E-state index contributed by atoms with van der Waals surface area (Å²) < 4.78 is 2.92. The molecule has 0 aromatic heterocycles. The molecule has 2 rings (SSSR count). The van der Waals surface area contributed by atoms with Crippen LogP contribution >= 0.6 is 11.9 Å². The Kier molecular flexibility index (Phi) is 8.01. The average Bonchev–Trinajstić information content (AvgIpc) is 2.96. The first-order valence-corrected chi connectivity index (χ1v) is 7.00. The maximum absolute atomic E-state index is 11.3. The summed E-state index contributed by atoms with van der Waals surface area (Å²) in [5.74, 6) is 0.196. The number of nitrogens with zero attached hydrogens (tertiary/aromatic N) is 1. The van der Waals surface area contributed by atoms with Crippen molar-refractivity contribution in [3.63, 3.8) is 0 Å². The molecule has 0 saturated carbocycles. The van der Waals surface area contributed by atoms with Crippen molar-refractivity contribution >= 4 is 17.9 Å². The smallest absolute Gasteiger partial charge is 0.237 e. The first-order chi connectivity index (χ1) is 8.84. The monoisotopic (exact) mass is 264 g/mol. The zero-order valence-corrected chi connectivity index (χ0v) is 11.4. The molecular formula is C14H20N2OS. The van der Waals surface area contributed by atoms with Gasteiger partial charge in [-0.1, -0.05) is 54.9 Å². The van der Waals surface area contributed by atoms with E-state index in [1.165, 1.54) is 11.9 Å². The van der Waals surface area contributed by atoms with E-state index in [9.17, 15) is 4.79 Å². The Morgan fingerprint density at radius 2 is 1.67 bits per heavy atom. The SMILES string of the molecule is C=CSNCC(=O)N1CCCC1.c1ccccc1. The first kappa shape index (κ1) is 14.8. The van der Waals surface area contributed by atoms with Gasteiger partial charge in [0.1, 0.15) is 0 Å². The molecule has 0 aliphatic carbocycles. The van der Waals surface area contributed by atoms with E-state index >= 15 is 0 Å². The van der Waals surface area contributed by atoms with E-state index in [0.29, 0.717) is 6.54 Å². The topological polar surface area (TPSA) is 32.3 Å². The maximum atomic E-state index is 11.3. The van der Waals surface area contributed by atoms with Crippen LogP contribution in [-0.2, 0) is 4.79 Å². The van der Waals surface area contributed by atoms with Gasteiger partial charge >= 0.3 is 0 Å². The molecule has 0 bridgehead atoms. The van der Waals surface area contributed by atoms with Gasteiger partial charge in [0.2, 0.25) is 5.91 Å². The second-order valence-corrected chi connectivity index (χ2v) is 4.71. The van der Waals surface area contributed by atoms with Crippen LogP contribution in [0, 0.1) is 0 Å². The number of rotatable bonds is 4. The molecule has 1 N–H and O–H groups in total. The fourth-order valence-electron chi connectivity index (χ4n) is 1.63. The van der Waals surface area contributed by atoms with Crippen LogP contribution in [0.2, 0.25) is 0 Å². The van der Waals surface area contributed by atoms with Gasteiger partial charge in [-0.15, -0.1) is 0 Å². The zero-order chi connectivity index (χ0) is 13.1. The summed E-state index contributed by atoms with van der Waals surface area (Å²) in [5, 5.41) is 1.68. The molecule has 98 valence electrons. The Morgan fingerprint density at radius 3 is 2.11 bits per heavy atom. The molecule has 18 heavy (non-hydrogen) atoms. The van der Waals surface area contributed by atoms with E-state index in [4.69, 9.17) is 0 Å². The minimum absolute atomic E-state index is 0.196. The lowest BCUT2D eigenvalue weighted by Crippen LogP contribution is -2.33. The predicted molar refractivity (Wildman–Crippen MR) is 78.0 cm³/mol. The van der Waals surface area contributed by atoms with Gasteiger partial charge in [-0.2, -0.15) is 0 Å². The Bertz CT molecular complexity index is 310. The Labute approximate surface area is 113 Å². The Morgan fingerprint density at radius 1 is 1.17 bits per heavy atom. The van der Waals surface area contributed by atoms with Gasteiger partial charge in [-0.3, -0.25) is 9.52 Å². The van der Waals surface area contributed by atoms with E-state index < -0.39 is 0 Å². The molecule has 1 amide bonds. The Balaban J connectivity index is 0.000000225. The van der Waals surface area contributed by atoms with Gasteiger partial charge in [-0.05, 0) is 18.2 Å². The fraction of sp³-hybridized carbons (Fsp3) is 0.357. The van der Waals surface area contributed by atoms with Crippen LogP contribution in [0.5, 0.6) is 0 Å². The molecule has 1 fully saturated rings. The van der Waals surface area contributed by atoms with Crippen molar-refractivity contribution in [3.8, 4) is 0 Å². The summed E-state index contributed by atoms with van der Waals surface area (Å²) in [5.41, 5.74) is 0. The second-order valence-electron chi connectivity index (χ2n) is 3.85. The van der Waals surface area contributed by atoms with Crippen LogP contribution in [0.15, 0.2) is 48.4 Å². The third-order valence-corrected chi connectivity index (χ3v) is 2.99. The third-order valence-electron chi connectivity index (χ3n) is 2.52. The van der Waals surface area contributed by atoms with Crippen molar-refractivity contribution in [1.82, 2.24) is 9.62 Å². The number of nitrogens with one attached hydrogen (secondary N) is 1. The van der Waals surface area contributed by atoms with Crippen molar-refractivity contribution in [2.75, 3.05) is 19.6 Å². The molecule has 3 nitrogen and oxygen atoms in total. The molecule has 1 saturated heterocycles. The first-order valence-electron chi connectivity index (χ1n) is 6.12. The molecule has 1 aromatic carbocycles. The van der Waals surface area contributed by atoms with E-state index in [1.54, 1.807) is 5.41 Å². The van der Waals surface area contributed by atoms with Crippen molar-refractivity contribution in [2.24, 2.45) is 0 Å². The lowest BCUT2D eigenvalue weighted by molar-refractivity contribution is -0.128. The van der Waals surface area contributed by atoms with Crippen LogP contribution in [0.1, 0.15) is 12.8 Å². The molecule has 4 heteroatoms. The van der Waals surface area contributed by atoms with Crippen molar-refractivity contribution in [1.29, 1.82) is 0 Å². The molecule has 0 spiro atoms. The van der Waals surface area contributed by atoms with Crippen LogP contribution < -0.4 is 4.72 Å². The molecule has 1 aromatic rings. The normalized spacial score (nSPS) is 13.7. The minimum atomic E-state index is 0.196. The number of benzene rings is 1. The molecule has 0 radical (unpaired) electrons. The largest absolute Gasteiger partial charge is 0.342 e. The third kappa shape index (κ3) is 6.47. The fourth-order valence-corrected chi connectivity index (χ4v) is 1.95. The summed E-state index contributed by atoms with van der Waals surface area (Å²) in [6, 6.07) is 12.0. The number of amides is 1. The lowest BCUT2D eigenvalue weighted by atomic mass is 10.4. The standard InChI is InChI=1S/C8H14N2OS.C6H6/c1-2-12-9-7-8(11)10-5-3-4-6-10;1-2-4-6-5-3-1/h2,9H,1,3-7H2;1-6H. The number of likely N-dealkylation sites (tertiary alicyclic amines) is 1. The van der Waals surface area contributed by atoms with Crippen LogP contribution in [-0.4, -0.2) is 30.4 Å². The quantitative estimate of drug-likeness (QED) is 0.670. The molecular weight excluding hydrogens is 244 g/mol. The number of carbonyl (C=O) groups excluding carboxylic acids is 1. The van der Waals surface area contributed by atoms with Gasteiger partial charge in [0.05, 0.1) is 6.54 Å². The summed E-state index contributed by atoms with van der Waals surface area (Å²) >= 11 is 1.36. The lowest BCUT2D eigenvalue weighted by Gasteiger charge is -2.14. The highest BCUT2D eigenvalue weighted by Gasteiger charge is 2.16. The molecule has 1 heterocycles. The molecule has 1 aliphatic rings. The summed E-state index contributed by atoms with van der Waals surface area (Å²) in [4.78, 5) is 13.2. The van der Waals surface area contributed by atoms with Crippen molar-refractivity contribution < 1.29 is 4.79 Å². The van der Waals surface area contributed by atoms with Crippen LogP contribution in [0.25, 0.3) is 0 Å². The van der Waals surface area contributed by atoms with Gasteiger partial charge in [-0.25, -0.2) is 0 Å². The van der Waals surface area contributed by atoms with E-state index in [-0.39, 0.29) is 5.91 Å². The van der Waals surface area contributed by atoms with E-state index in [1.807, 2.05) is 41.3 Å². The number of hydrogen-bond donors (Lipinski definition) is 1. The highest BCUT2D eigenvalue weighted by Crippen LogP contribution is 2.07. The average molecular weight is 264 g/mol. The molecule has 0 atom stereocenters. The van der Waals surface area contributed by atoms with Gasteiger partial charge in [0.15, 0.2) is 0 Å². The Hall–Kier alpha value is -1.26. The number of hydrogen-bond acceptors (Lipinski definition) is 3. The van der Waals surface area contributed by atoms with Crippen LogP contribution in [0.4, 0.5) is 0 Å². The van der Waals surface area contributed by atoms with Crippen molar-refractivity contribution in [2.45, 2.75) is 12.8 Å². The predicted octanol–water partition coefficient (Wildman–Crippen LogP) is 2.68. The number of carbonyl (C=O) groups is 1. The van der Waals surface area contributed by atoms with Gasteiger partial charge < -0.3 is 4.90 Å². The highest BCUT2D eigenvalue weighted by atomic mass is 32.2. The minimum Gasteiger partial charge on any atom is -0.342 e. The van der Waals surface area contributed by atoms with Crippen LogP contribution in [0.3, 0.4) is 0 Å². The summed E-state index contributed by atoms with van der Waals surface area (Å²) in [6.07, 6.45) is 2.31. The van der Waals surface area contributed by atoms with Crippen molar-refractivity contribution in [3.05, 3.63) is 48.4 Å². The zero-order valence-electron chi connectivity index (χ0n) is 10.5. The summed E-state index contributed by atoms with van der Waals surface area (Å²) in [7, 11) is 0. The molecule has 1 aliphatic heterocycles. The van der Waals surface area contributed by atoms with Gasteiger partial charge in [0, 0.05) is 13.1 Å². The van der Waals surface area contributed by atoms with Gasteiger partial charge in [0.25, 0.3) is 0 Å². The molecule has 0 unspecified atom stereocenters. The van der Waals surface area contributed by atoms with E-state index in [2.05, 4.69) is 11.3 Å².